The Kier molecular flexibility index (Phi) is 8.35. The molecule has 0 saturated carbocycles. The third kappa shape index (κ3) is 6.44. The van der Waals surface area contributed by atoms with Crippen LogP contribution in [0, 0.1) is 0 Å². The SMILES string of the molecule is C=CCNC(=NCCn1cnnc1CC)N(C)Cc1ccc(OCC)cc1. The number of guanidine groups is 1. The fourth-order valence-corrected chi connectivity index (χ4v) is 2.68. The lowest BCUT2D eigenvalue weighted by Gasteiger charge is -2.22. The molecule has 0 aliphatic carbocycles. The third-order valence-electron chi connectivity index (χ3n) is 4.03. The Bertz CT molecular complexity index is 722. The number of hydrogen-bond donors (Lipinski definition) is 1. The van der Waals surface area contributed by atoms with Gasteiger partial charge in [0.25, 0.3) is 0 Å². The molecule has 0 atom stereocenters. The van der Waals surface area contributed by atoms with E-state index < -0.39 is 0 Å². The number of aryl methyl sites for hydroxylation is 1. The second-order valence-corrected chi connectivity index (χ2v) is 6.10. The Morgan fingerprint density at radius 1 is 1.33 bits per heavy atom. The van der Waals surface area contributed by atoms with Gasteiger partial charge in [0.1, 0.15) is 17.9 Å². The van der Waals surface area contributed by atoms with E-state index in [1.54, 1.807) is 6.33 Å². The monoisotopic (exact) mass is 370 g/mol. The van der Waals surface area contributed by atoms with Crippen molar-refractivity contribution >= 4 is 5.96 Å². The average Bonchev–Trinajstić information content (AvgIpc) is 3.13. The molecule has 0 aliphatic heterocycles. The van der Waals surface area contributed by atoms with Gasteiger partial charge in [0.2, 0.25) is 0 Å². The first-order valence-electron chi connectivity index (χ1n) is 9.36. The number of rotatable bonds is 10. The predicted molar refractivity (Wildman–Crippen MR) is 109 cm³/mol. The van der Waals surface area contributed by atoms with Crippen LogP contribution in [0.4, 0.5) is 0 Å². The minimum Gasteiger partial charge on any atom is -0.494 e. The highest BCUT2D eigenvalue weighted by Crippen LogP contribution is 2.13. The van der Waals surface area contributed by atoms with Crippen LogP contribution >= 0.6 is 0 Å². The van der Waals surface area contributed by atoms with Gasteiger partial charge in [-0.3, -0.25) is 4.99 Å². The molecule has 0 radical (unpaired) electrons. The molecule has 0 amide bonds. The average molecular weight is 371 g/mol. The molecule has 7 nitrogen and oxygen atoms in total. The molecule has 1 aromatic heterocycles. The lowest BCUT2D eigenvalue weighted by atomic mass is 10.2. The Morgan fingerprint density at radius 3 is 2.78 bits per heavy atom. The molecular weight excluding hydrogens is 340 g/mol. The van der Waals surface area contributed by atoms with Gasteiger partial charge in [-0.15, -0.1) is 16.8 Å². The van der Waals surface area contributed by atoms with Gasteiger partial charge in [-0.2, -0.15) is 0 Å². The molecule has 0 saturated heterocycles. The van der Waals surface area contributed by atoms with Crippen molar-refractivity contribution in [3.63, 3.8) is 0 Å². The zero-order valence-corrected chi connectivity index (χ0v) is 16.6. The third-order valence-corrected chi connectivity index (χ3v) is 4.03. The summed E-state index contributed by atoms with van der Waals surface area (Å²) >= 11 is 0. The maximum absolute atomic E-state index is 5.50. The second kappa shape index (κ2) is 11.0. The molecule has 0 unspecified atom stereocenters. The molecule has 0 bridgehead atoms. The Labute approximate surface area is 161 Å². The minimum atomic E-state index is 0.651. The van der Waals surface area contributed by atoms with E-state index in [1.807, 2.05) is 36.7 Å². The quantitative estimate of drug-likeness (QED) is 0.395. The van der Waals surface area contributed by atoms with Gasteiger partial charge < -0.3 is 19.5 Å². The molecule has 146 valence electrons. The molecule has 0 spiro atoms. The summed E-state index contributed by atoms with van der Waals surface area (Å²) in [7, 11) is 2.03. The molecule has 1 N–H and O–H groups in total. The summed E-state index contributed by atoms with van der Waals surface area (Å²) in [5.41, 5.74) is 1.20. The molecule has 0 fully saturated rings. The molecule has 27 heavy (non-hydrogen) atoms. The summed E-state index contributed by atoms with van der Waals surface area (Å²) in [6.07, 6.45) is 4.45. The van der Waals surface area contributed by atoms with Crippen molar-refractivity contribution in [2.45, 2.75) is 33.4 Å². The maximum Gasteiger partial charge on any atom is 0.194 e. The lowest BCUT2D eigenvalue weighted by molar-refractivity contribution is 0.340. The van der Waals surface area contributed by atoms with Gasteiger partial charge in [0.05, 0.1) is 13.2 Å². The summed E-state index contributed by atoms with van der Waals surface area (Å²) in [5.74, 6) is 2.71. The highest BCUT2D eigenvalue weighted by Gasteiger charge is 2.07. The van der Waals surface area contributed by atoms with Crippen LogP contribution in [0.15, 0.2) is 48.2 Å². The first kappa shape index (κ1) is 20.5. The van der Waals surface area contributed by atoms with Crippen molar-refractivity contribution in [1.29, 1.82) is 0 Å². The van der Waals surface area contributed by atoms with Crippen LogP contribution in [0.5, 0.6) is 5.75 Å². The smallest absolute Gasteiger partial charge is 0.194 e. The number of nitrogens with one attached hydrogen (secondary N) is 1. The zero-order valence-electron chi connectivity index (χ0n) is 16.6. The van der Waals surface area contributed by atoms with Crippen LogP contribution in [0.3, 0.4) is 0 Å². The number of aliphatic imine (C=N–C) groups is 1. The van der Waals surface area contributed by atoms with Crippen LogP contribution in [0.2, 0.25) is 0 Å². The van der Waals surface area contributed by atoms with Gasteiger partial charge in [-0.05, 0) is 24.6 Å². The van der Waals surface area contributed by atoms with Gasteiger partial charge in [-0.1, -0.05) is 25.1 Å². The van der Waals surface area contributed by atoms with Gasteiger partial charge in [-0.25, -0.2) is 0 Å². The van der Waals surface area contributed by atoms with Gasteiger partial charge in [0.15, 0.2) is 5.96 Å². The van der Waals surface area contributed by atoms with Crippen molar-refractivity contribution in [3.05, 3.63) is 54.6 Å². The number of aromatic nitrogens is 3. The van der Waals surface area contributed by atoms with E-state index in [0.717, 1.165) is 37.0 Å². The number of hydrogen-bond acceptors (Lipinski definition) is 4. The minimum absolute atomic E-state index is 0.651. The van der Waals surface area contributed by atoms with Crippen molar-refractivity contribution in [3.8, 4) is 5.75 Å². The normalized spacial score (nSPS) is 11.3. The molecule has 7 heteroatoms. The van der Waals surface area contributed by atoms with Crippen molar-refractivity contribution in [2.24, 2.45) is 4.99 Å². The summed E-state index contributed by atoms with van der Waals surface area (Å²) in [4.78, 5) is 6.84. The fraction of sp³-hybridized carbons (Fsp3) is 0.450. The van der Waals surface area contributed by atoms with E-state index in [9.17, 15) is 0 Å². The van der Waals surface area contributed by atoms with Gasteiger partial charge >= 0.3 is 0 Å². The van der Waals surface area contributed by atoms with E-state index in [0.29, 0.717) is 19.7 Å². The van der Waals surface area contributed by atoms with E-state index in [4.69, 9.17) is 9.73 Å². The highest BCUT2D eigenvalue weighted by molar-refractivity contribution is 5.79. The molecule has 1 heterocycles. The fourth-order valence-electron chi connectivity index (χ4n) is 2.68. The van der Waals surface area contributed by atoms with Gasteiger partial charge in [0, 0.05) is 33.1 Å². The van der Waals surface area contributed by atoms with Crippen LogP contribution in [-0.2, 0) is 19.5 Å². The first-order chi connectivity index (χ1) is 13.2. The summed E-state index contributed by atoms with van der Waals surface area (Å²) in [6, 6.07) is 8.16. The molecule has 1 aromatic carbocycles. The number of ether oxygens (including phenoxy) is 1. The largest absolute Gasteiger partial charge is 0.494 e. The van der Waals surface area contributed by atoms with E-state index in [2.05, 4.69) is 46.0 Å². The summed E-state index contributed by atoms with van der Waals surface area (Å²) < 4.78 is 7.54. The Hall–Kier alpha value is -2.83. The van der Waals surface area contributed by atoms with E-state index >= 15 is 0 Å². The molecule has 2 rings (SSSR count). The number of nitrogens with zero attached hydrogens (tertiary/aromatic N) is 5. The summed E-state index contributed by atoms with van der Waals surface area (Å²) in [5, 5.41) is 11.4. The van der Waals surface area contributed by atoms with Crippen LogP contribution in [-0.4, -0.2) is 52.4 Å². The van der Waals surface area contributed by atoms with Crippen molar-refractivity contribution in [2.75, 3.05) is 26.7 Å². The number of benzene rings is 1. The lowest BCUT2D eigenvalue weighted by Crippen LogP contribution is -2.38. The first-order valence-corrected chi connectivity index (χ1v) is 9.36. The Morgan fingerprint density at radius 2 is 2.11 bits per heavy atom. The predicted octanol–water partition coefficient (Wildman–Crippen LogP) is 2.50. The molecule has 0 aliphatic rings. The van der Waals surface area contributed by atoms with Crippen LogP contribution < -0.4 is 10.1 Å². The van der Waals surface area contributed by atoms with Crippen LogP contribution in [0.1, 0.15) is 25.2 Å². The highest BCUT2D eigenvalue weighted by atomic mass is 16.5. The Balaban J connectivity index is 1.99. The van der Waals surface area contributed by atoms with Crippen LogP contribution in [0.25, 0.3) is 0 Å². The van der Waals surface area contributed by atoms with Crippen molar-refractivity contribution < 1.29 is 4.74 Å². The standard InChI is InChI=1S/C20H30N6O/c1-5-12-21-20(22-13-14-26-16-23-24-19(26)6-2)25(4)15-17-8-10-18(11-9-17)27-7-3/h5,8-11,16H,1,6-7,12-15H2,2-4H3,(H,21,22). The molecule has 2 aromatic rings. The second-order valence-electron chi connectivity index (χ2n) is 6.10. The van der Waals surface area contributed by atoms with Crippen molar-refractivity contribution in [1.82, 2.24) is 25.0 Å². The van der Waals surface area contributed by atoms with E-state index in [-0.39, 0.29) is 0 Å². The zero-order chi connectivity index (χ0) is 19.5. The summed E-state index contributed by atoms with van der Waals surface area (Å²) in [6.45, 7) is 11.3. The maximum atomic E-state index is 5.50. The van der Waals surface area contributed by atoms with E-state index in [1.165, 1.54) is 5.56 Å². The topological polar surface area (TPSA) is 67.6 Å². The molecular formula is C20H30N6O.